The highest BCUT2D eigenvalue weighted by Gasteiger charge is 2.49. The molecule has 0 spiro atoms. The van der Waals surface area contributed by atoms with Crippen molar-refractivity contribution in [1.29, 1.82) is 0 Å². The fraction of sp³-hybridized carbons (Fsp3) is 0.475. The van der Waals surface area contributed by atoms with Crippen LogP contribution in [0.4, 0.5) is 5.69 Å². The molecule has 1 aliphatic rings. The van der Waals surface area contributed by atoms with Crippen molar-refractivity contribution in [2.75, 3.05) is 31.4 Å². The highest BCUT2D eigenvalue weighted by atomic mass is 32.2. The van der Waals surface area contributed by atoms with Gasteiger partial charge < -0.3 is 14.7 Å². The zero-order chi connectivity index (χ0) is 33.4. The van der Waals surface area contributed by atoms with Gasteiger partial charge >= 0.3 is 0 Å². The molecule has 0 aliphatic carbocycles. The first-order valence-electron chi connectivity index (χ1n) is 17.5. The summed E-state index contributed by atoms with van der Waals surface area (Å²) in [4.78, 5) is 2.34. The van der Waals surface area contributed by atoms with E-state index in [1.165, 1.54) is 10.9 Å². The van der Waals surface area contributed by atoms with Crippen LogP contribution in [-0.2, 0) is 16.4 Å². The summed E-state index contributed by atoms with van der Waals surface area (Å²) in [5.41, 5.74) is 3.08. The SMILES string of the molecule is CCCCC1(CCCC)CS(=O)(=O)c2ccc(N(C)C)cc2[C@@H](c2ccc(OCCCCC[n+]3cccc4ccccc43)cc2)C1O. The second-order valence-electron chi connectivity index (χ2n) is 13.6. The standard InChI is InChI=1S/C40H53N2O4S/c1-5-7-24-40(25-8-6-2)30-47(44,45)37-23-20-33(41(3)4)29-35(37)38(39(40)43)32-18-21-34(22-19-32)46-28-13-9-12-26-42-27-14-16-31-15-10-11-17-36(31)42/h10-11,14-23,27,29,38-39,43H,5-9,12-13,24-26,28,30H2,1-4H3/q+1/t38-,39?/m1/s1. The van der Waals surface area contributed by atoms with Crippen molar-refractivity contribution in [2.24, 2.45) is 5.41 Å². The molecule has 0 amide bonds. The number of aromatic nitrogens is 1. The number of pyridine rings is 1. The van der Waals surface area contributed by atoms with Gasteiger partial charge in [-0.1, -0.05) is 63.8 Å². The van der Waals surface area contributed by atoms with E-state index >= 15 is 0 Å². The lowest BCUT2D eigenvalue weighted by Crippen LogP contribution is -2.43. The van der Waals surface area contributed by atoms with Gasteiger partial charge in [-0.25, -0.2) is 8.42 Å². The third-order valence-corrected chi connectivity index (χ3v) is 12.0. The van der Waals surface area contributed by atoms with Gasteiger partial charge in [-0.15, -0.1) is 0 Å². The Morgan fingerprint density at radius 1 is 0.872 bits per heavy atom. The molecule has 1 aliphatic heterocycles. The predicted octanol–water partition coefficient (Wildman–Crippen LogP) is 8.09. The second kappa shape index (κ2) is 15.7. The molecule has 1 N–H and O–H groups in total. The van der Waals surface area contributed by atoms with E-state index in [1.807, 2.05) is 55.4 Å². The van der Waals surface area contributed by atoms with Crippen LogP contribution in [0.2, 0.25) is 0 Å². The number of unbranched alkanes of at least 4 members (excludes halogenated alkanes) is 4. The zero-order valence-corrected chi connectivity index (χ0v) is 29.5. The molecule has 0 saturated heterocycles. The number of hydrogen-bond acceptors (Lipinski definition) is 5. The van der Waals surface area contributed by atoms with Crippen LogP contribution in [0.5, 0.6) is 5.75 Å². The molecule has 2 atom stereocenters. The number of aliphatic hydroxyl groups is 1. The number of benzene rings is 3. The van der Waals surface area contributed by atoms with E-state index in [4.69, 9.17) is 4.74 Å². The Hall–Kier alpha value is -3.42. The van der Waals surface area contributed by atoms with Crippen LogP contribution >= 0.6 is 0 Å². The first kappa shape index (κ1) is 34.9. The molecule has 4 aromatic rings. The van der Waals surface area contributed by atoms with E-state index in [-0.39, 0.29) is 5.75 Å². The molecular weight excluding hydrogens is 605 g/mol. The van der Waals surface area contributed by atoms with Gasteiger partial charge in [0.05, 0.1) is 23.4 Å². The molecule has 6 nitrogen and oxygen atoms in total. The Morgan fingerprint density at radius 2 is 1.57 bits per heavy atom. The van der Waals surface area contributed by atoms with Crippen LogP contribution in [0.25, 0.3) is 10.9 Å². The third-order valence-electron chi connectivity index (χ3n) is 10.00. The number of hydrogen-bond donors (Lipinski definition) is 1. The van der Waals surface area contributed by atoms with Gasteiger partial charge in [-0.3, -0.25) is 0 Å². The summed E-state index contributed by atoms with van der Waals surface area (Å²) in [6.45, 7) is 5.87. The van der Waals surface area contributed by atoms with Gasteiger partial charge in [0.15, 0.2) is 16.0 Å². The van der Waals surface area contributed by atoms with Crippen LogP contribution in [-0.4, -0.2) is 46.1 Å². The van der Waals surface area contributed by atoms with Crippen molar-refractivity contribution in [3.05, 3.63) is 96.2 Å². The number of ether oxygens (including phenoxy) is 1. The number of nitrogens with zero attached hydrogens (tertiary/aromatic N) is 2. The molecule has 7 heteroatoms. The minimum Gasteiger partial charge on any atom is -0.494 e. The van der Waals surface area contributed by atoms with E-state index in [0.29, 0.717) is 29.9 Å². The number of para-hydroxylation sites is 1. The summed E-state index contributed by atoms with van der Waals surface area (Å²) < 4.78 is 36.6. The molecule has 1 unspecified atom stereocenters. The highest BCUT2D eigenvalue weighted by Crippen LogP contribution is 2.50. The smallest absolute Gasteiger partial charge is 0.212 e. The monoisotopic (exact) mass is 657 g/mol. The van der Waals surface area contributed by atoms with Gasteiger partial charge in [-0.2, -0.15) is 4.57 Å². The summed E-state index contributed by atoms with van der Waals surface area (Å²) >= 11 is 0. The normalized spacial score (nSPS) is 18.4. The zero-order valence-electron chi connectivity index (χ0n) is 28.7. The summed E-state index contributed by atoms with van der Waals surface area (Å²) in [5, 5.41) is 13.7. The van der Waals surface area contributed by atoms with Gasteiger partial charge in [-0.05, 0) is 79.3 Å². The van der Waals surface area contributed by atoms with Crippen molar-refractivity contribution in [2.45, 2.75) is 95.1 Å². The maximum Gasteiger partial charge on any atom is 0.212 e. The van der Waals surface area contributed by atoms with Crippen LogP contribution < -0.4 is 14.2 Å². The minimum absolute atomic E-state index is 0.0217. The third kappa shape index (κ3) is 8.01. The van der Waals surface area contributed by atoms with Crippen molar-refractivity contribution in [1.82, 2.24) is 0 Å². The van der Waals surface area contributed by atoms with Crippen molar-refractivity contribution >= 4 is 26.4 Å². The molecule has 47 heavy (non-hydrogen) atoms. The van der Waals surface area contributed by atoms with E-state index in [2.05, 4.69) is 61.0 Å². The Kier molecular flexibility index (Phi) is 11.6. The topological polar surface area (TPSA) is 70.7 Å². The predicted molar refractivity (Wildman–Crippen MR) is 192 cm³/mol. The first-order valence-corrected chi connectivity index (χ1v) is 19.2. The molecule has 2 heterocycles. The summed E-state index contributed by atoms with van der Waals surface area (Å²) in [6, 6.07) is 26.3. The maximum atomic E-state index is 14.1. The highest BCUT2D eigenvalue weighted by molar-refractivity contribution is 7.91. The second-order valence-corrected chi connectivity index (χ2v) is 15.6. The molecule has 252 valence electrons. The van der Waals surface area contributed by atoms with E-state index in [0.717, 1.165) is 68.5 Å². The largest absolute Gasteiger partial charge is 0.494 e. The molecule has 0 bridgehead atoms. The summed E-state index contributed by atoms with van der Waals surface area (Å²) in [7, 11) is 0.292. The average molecular weight is 658 g/mol. The van der Waals surface area contributed by atoms with Gasteiger partial charge in [0.25, 0.3) is 0 Å². The van der Waals surface area contributed by atoms with Gasteiger partial charge in [0.1, 0.15) is 12.3 Å². The van der Waals surface area contributed by atoms with Gasteiger partial charge in [0, 0.05) is 55.1 Å². The van der Waals surface area contributed by atoms with Crippen LogP contribution in [0.3, 0.4) is 0 Å². The first-order chi connectivity index (χ1) is 22.7. The molecule has 0 saturated carbocycles. The molecular formula is C40H53N2O4S+. The van der Waals surface area contributed by atoms with Crippen LogP contribution in [0.15, 0.2) is 90.0 Å². The lowest BCUT2D eigenvalue weighted by Gasteiger charge is -2.40. The molecule has 1 aromatic heterocycles. The summed E-state index contributed by atoms with van der Waals surface area (Å²) in [6.07, 6.45) is 9.49. The van der Waals surface area contributed by atoms with E-state index in [9.17, 15) is 13.5 Å². The number of aliphatic hydroxyl groups excluding tert-OH is 1. The van der Waals surface area contributed by atoms with Crippen molar-refractivity contribution in [3.8, 4) is 5.75 Å². The minimum atomic E-state index is -3.62. The van der Waals surface area contributed by atoms with Crippen molar-refractivity contribution in [3.63, 3.8) is 0 Å². The van der Waals surface area contributed by atoms with E-state index < -0.39 is 27.3 Å². The molecule has 0 fully saturated rings. The van der Waals surface area contributed by atoms with Crippen LogP contribution in [0, 0.1) is 5.41 Å². The van der Waals surface area contributed by atoms with E-state index in [1.54, 1.807) is 6.07 Å². The van der Waals surface area contributed by atoms with Crippen molar-refractivity contribution < 1.29 is 22.8 Å². The summed E-state index contributed by atoms with van der Waals surface area (Å²) in [5.74, 6) is 0.307. The fourth-order valence-corrected chi connectivity index (χ4v) is 9.52. The van der Waals surface area contributed by atoms with Crippen LogP contribution in [0.1, 0.15) is 88.7 Å². The Morgan fingerprint density at radius 3 is 2.28 bits per heavy atom. The lowest BCUT2D eigenvalue weighted by atomic mass is 9.68. The molecule has 5 rings (SSSR count). The Balaban J connectivity index is 1.33. The Labute approximate surface area is 282 Å². The maximum absolute atomic E-state index is 14.1. The number of fused-ring (bicyclic) bond motifs is 2. The quantitative estimate of drug-likeness (QED) is 0.103. The number of rotatable bonds is 15. The average Bonchev–Trinajstić information content (AvgIpc) is 3.14. The lowest BCUT2D eigenvalue weighted by molar-refractivity contribution is -0.671. The molecule has 3 aromatic carbocycles. The molecule has 0 radical (unpaired) electrons. The van der Waals surface area contributed by atoms with Gasteiger partial charge in [0.2, 0.25) is 5.52 Å². The number of sulfone groups is 1. The number of anilines is 1. The number of aryl methyl sites for hydroxylation is 1. The fourth-order valence-electron chi connectivity index (χ4n) is 7.33. The Bertz CT molecular complexity index is 1710.